The van der Waals surface area contributed by atoms with E-state index in [9.17, 15) is 18.5 Å². The van der Waals surface area contributed by atoms with Gasteiger partial charge >= 0.3 is 0 Å². The maximum absolute atomic E-state index is 13.0. The lowest BCUT2D eigenvalue weighted by atomic mass is 9.88. The molecule has 0 radical (unpaired) electrons. The van der Waals surface area contributed by atoms with Crippen molar-refractivity contribution in [1.29, 1.82) is 5.26 Å². The number of sulfonamides is 1. The molecule has 0 saturated heterocycles. The van der Waals surface area contributed by atoms with Crippen LogP contribution < -0.4 is 0 Å². The Morgan fingerprint density at radius 3 is 2.52 bits per heavy atom. The summed E-state index contributed by atoms with van der Waals surface area (Å²) in [5, 5.41) is 19.7. The fraction of sp³-hybridized carbons (Fsp3) is 0.588. The highest BCUT2D eigenvalue weighted by atomic mass is 32.2. The molecule has 0 bridgehead atoms. The smallest absolute Gasteiger partial charge is 0.258 e. The Kier molecular flexibility index (Phi) is 7.08. The molecule has 0 N–H and O–H groups in total. The summed E-state index contributed by atoms with van der Waals surface area (Å²) in [7, 11) is -3.86. The van der Waals surface area contributed by atoms with Crippen molar-refractivity contribution in [3.8, 4) is 6.07 Å². The zero-order valence-electron chi connectivity index (χ0n) is 15.1. The van der Waals surface area contributed by atoms with E-state index in [1.807, 2.05) is 27.7 Å². The summed E-state index contributed by atoms with van der Waals surface area (Å²) in [5.41, 5.74) is -0.632. The molecular weight excluding hydrogens is 342 g/mol. The van der Waals surface area contributed by atoms with Gasteiger partial charge in [-0.05, 0) is 23.8 Å². The normalized spacial score (nSPS) is 12.4. The van der Waals surface area contributed by atoms with Crippen molar-refractivity contribution >= 4 is 15.7 Å². The molecule has 7 nitrogen and oxygen atoms in total. The van der Waals surface area contributed by atoms with Gasteiger partial charge in [0.25, 0.3) is 5.69 Å². The van der Waals surface area contributed by atoms with E-state index in [-0.39, 0.29) is 28.5 Å². The van der Waals surface area contributed by atoms with Crippen LogP contribution in [0.4, 0.5) is 5.69 Å². The first-order valence-electron chi connectivity index (χ1n) is 8.11. The third kappa shape index (κ3) is 6.11. The summed E-state index contributed by atoms with van der Waals surface area (Å²) < 4.78 is 27.4. The molecule has 1 aromatic carbocycles. The molecular formula is C17H25N3O4S. The molecule has 0 spiro atoms. The highest BCUT2D eigenvalue weighted by molar-refractivity contribution is 7.89. The van der Waals surface area contributed by atoms with Gasteiger partial charge in [-0.15, -0.1) is 0 Å². The minimum atomic E-state index is -3.86. The quantitative estimate of drug-likeness (QED) is 0.490. The zero-order valence-corrected chi connectivity index (χ0v) is 15.9. The van der Waals surface area contributed by atoms with Crippen LogP contribution in [0, 0.1) is 32.8 Å². The van der Waals surface area contributed by atoms with Crippen molar-refractivity contribution in [2.75, 3.05) is 13.1 Å². The van der Waals surface area contributed by atoms with Crippen LogP contribution in [0.2, 0.25) is 0 Å². The number of nitriles is 1. The monoisotopic (exact) mass is 367 g/mol. The Morgan fingerprint density at radius 2 is 2.00 bits per heavy atom. The van der Waals surface area contributed by atoms with E-state index < -0.39 is 14.9 Å². The van der Waals surface area contributed by atoms with Gasteiger partial charge in [0.05, 0.1) is 15.9 Å². The van der Waals surface area contributed by atoms with Crippen molar-refractivity contribution in [2.45, 2.75) is 45.4 Å². The molecule has 0 aliphatic rings. The van der Waals surface area contributed by atoms with Crippen LogP contribution in [0.3, 0.4) is 0 Å². The molecule has 8 heteroatoms. The first kappa shape index (κ1) is 21.1. The van der Waals surface area contributed by atoms with Crippen LogP contribution in [0.5, 0.6) is 0 Å². The second-order valence-corrected chi connectivity index (χ2v) is 9.21. The average molecular weight is 367 g/mol. The highest BCUT2D eigenvalue weighted by Gasteiger charge is 2.31. The maximum Gasteiger partial charge on any atom is 0.270 e. The van der Waals surface area contributed by atoms with E-state index in [1.165, 1.54) is 22.5 Å². The predicted molar refractivity (Wildman–Crippen MR) is 95.3 cm³/mol. The fourth-order valence-corrected chi connectivity index (χ4v) is 4.34. The van der Waals surface area contributed by atoms with E-state index in [4.69, 9.17) is 5.26 Å². The molecule has 1 aromatic rings. The van der Waals surface area contributed by atoms with Gasteiger partial charge in [-0.25, -0.2) is 8.42 Å². The topological polar surface area (TPSA) is 104 Å². The number of nitro groups is 1. The van der Waals surface area contributed by atoms with Crippen molar-refractivity contribution in [3.05, 3.63) is 34.4 Å². The number of hydrogen-bond acceptors (Lipinski definition) is 5. The number of nitro benzene ring substituents is 1. The van der Waals surface area contributed by atoms with Crippen molar-refractivity contribution in [2.24, 2.45) is 11.3 Å². The van der Waals surface area contributed by atoms with Crippen LogP contribution in [-0.4, -0.2) is 30.7 Å². The molecule has 0 aliphatic heterocycles. The van der Waals surface area contributed by atoms with Gasteiger partial charge in [-0.2, -0.15) is 9.57 Å². The summed E-state index contributed by atoms with van der Waals surface area (Å²) >= 11 is 0. The Balaban J connectivity index is 3.22. The summed E-state index contributed by atoms with van der Waals surface area (Å²) in [4.78, 5) is 10.2. The van der Waals surface area contributed by atoms with Gasteiger partial charge < -0.3 is 0 Å². The van der Waals surface area contributed by atoms with Crippen molar-refractivity contribution in [1.82, 2.24) is 4.31 Å². The zero-order chi connectivity index (χ0) is 19.3. The summed E-state index contributed by atoms with van der Waals surface area (Å²) in [6.45, 7) is 8.22. The molecule has 0 amide bonds. The minimum absolute atomic E-state index is 0.0848. The minimum Gasteiger partial charge on any atom is -0.258 e. The van der Waals surface area contributed by atoms with Gasteiger partial charge in [0.2, 0.25) is 10.0 Å². The van der Waals surface area contributed by atoms with E-state index in [0.29, 0.717) is 19.4 Å². The van der Waals surface area contributed by atoms with E-state index in [2.05, 4.69) is 6.07 Å². The first-order valence-corrected chi connectivity index (χ1v) is 9.55. The number of nitrogens with zero attached hydrogens (tertiary/aromatic N) is 3. The van der Waals surface area contributed by atoms with Gasteiger partial charge in [0, 0.05) is 31.6 Å². The predicted octanol–water partition coefficient (Wildman–Crippen LogP) is 3.57. The molecule has 1 rings (SSSR count). The van der Waals surface area contributed by atoms with Crippen LogP contribution in [0.15, 0.2) is 29.2 Å². The second kappa shape index (κ2) is 8.41. The second-order valence-electron chi connectivity index (χ2n) is 7.27. The third-order valence-corrected chi connectivity index (χ3v) is 5.56. The van der Waals surface area contributed by atoms with Crippen LogP contribution in [0.1, 0.15) is 40.5 Å². The van der Waals surface area contributed by atoms with E-state index >= 15 is 0 Å². The molecule has 0 unspecified atom stereocenters. The van der Waals surface area contributed by atoms with Crippen LogP contribution in [-0.2, 0) is 10.0 Å². The number of rotatable bonds is 9. The number of non-ortho nitro benzene ring substituents is 1. The van der Waals surface area contributed by atoms with E-state index in [0.717, 1.165) is 6.07 Å². The molecule has 0 aromatic heterocycles. The van der Waals surface area contributed by atoms with Gasteiger partial charge in [0.1, 0.15) is 0 Å². The average Bonchev–Trinajstić information content (AvgIpc) is 2.51. The lowest BCUT2D eigenvalue weighted by Crippen LogP contribution is -2.41. The summed E-state index contributed by atoms with van der Waals surface area (Å²) in [6.07, 6.45) is 0.919. The molecule has 0 atom stereocenters. The standard InChI is InChI=1S/C17H25N3O4S/c1-14(2)12-19(13-17(3,4)9-6-10-18)25(23,24)16-8-5-7-15(11-16)20(21)22/h5,7-8,11,14H,6,9,12-13H2,1-4H3. The first-order chi connectivity index (χ1) is 11.5. The fourth-order valence-electron chi connectivity index (χ4n) is 2.51. The van der Waals surface area contributed by atoms with E-state index in [1.54, 1.807) is 0 Å². The van der Waals surface area contributed by atoms with Crippen LogP contribution >= 0.6 is 0 Å². The van der Waals surface area contributed by atoms with Gasteiger partial charge in [0.15, 0.2) is 0 Å². The molecule has 0 saturated carbocycles. The molecule has 0 heterocycles. The maximum atomic E-state index is 13.0. The summed E-state index contributed by atoms with van der Waals surface area (Å²) in [6, 6.07) is 7.19. The Hall–Kier alpha value is -1.98. The molecule has 0 aliphatic carbocycles. The highest BCUT2D eigenvalue weighted by Crippen LogP contribution is 2.28. The van der Waals surface area contributed by atoms with Crippen molar-refractivity contribution < 1.29 is 13.3 Å². The SMILES string of the molecule is CC(C)CN(CC(C)(C)CCC#N)S(=O)(=O)c1cccc([N+](=O)[O-])c1. The van der Waals surface area contributed by atoms with Crippen LogP contribution in [0.25, 0.3) is 0 Å². The lowest BCUT2D eigenvalue weighted by molar-refractivity contribution is -0.385. The van der Waals surface area contributed by atoms with Gasteiger partial charge in [-0.1, -0.05) is 33.8 Å². The summed E-state index contributed by atoms with van der Waals surface area (Å²) in [5.74, 6) is 0.0974. The Labute approximate surface area is 149 Å². The molecule has 25 heavy (non-hydrogen) atoms. The lowest BCUT2D eigenvalue weighted by Gasteiger charge is -2.32. The Bertz CT molecular complexity index is 751. The number of hydrogen-bond donors (Lipinski definition) is 0. The third-order valence-electron chi connectivity index (χ3n) is 3.75. The molecule has 138 valence electrons. The number of benzene rings is 1. The molecule has 0 fully saturated rings. The Morgan fingerprint density at radius 1 is 1.36 bits per heavy atom. The largest absolute Gasteiger partial charge is 0.270 e. The van der Waals surface area contributed by atoms with Crippen molar-refractivity contribution in [3.63, 3.8) is 0 Å². The van der Waals surface area contributed by atoms with Gasteiger partial charge in [-0.3, -0.25) is 10.1 Å².